The van der Waals surface area contributed by atoms with Gasteiger partial charge in [0.15, 0.2) is 0 Å². The standard InChI is InChI=1S/C18H20ClN3O2S/c1-21(2)12-11-14-13-20-16-9-6-10-17(18(14)16)22(19)25(23,24)15-7-4-3-5-8-15/h3-10,13,20H,11-12H2,1-2H3. The van der Waals surface area contributed by atoms with E-state index in [1.807, 2.05) is 26.4 Å². The SMILES string of the molecule is CN(C)CCc1c[nH]c2cccc(N(Cl)S(=O)(=O)c3ccccc3)c12. The highest BCUT2D eigenvalue weighted by atomic mass is 35.5. The monoisotopic (exact) mass is 377 g/mol. The molecule has 0 radical (unpaired) electrons. The summed E-state index contributed by atoms with van der Waals surface area (Å²) in [5, 5.41) is 0.832. The zero-order valence-electron chi connectivity index (χ0n) is 14.1. The smallest absolute Gasteiger partial charge is 0.278 e. The van der Waals surface area contributed by atoms with Crippen LogP contribution in [0, 0.1) is 0 Å². The highest BCUT2D eigenvalue weighted by Gasteiger charge is 2.26. The van der Waals surface area contributed by atoms with Crippen molar-refractivity contribution < 1.29 is 8.42 Å². The lowest BCUT2D eigenvalue weighted by Crippen LogP contribution is -2.21. The average Bonchev–Trinajstić information content (AvgIpc) is 3.03. The number of halogens is 1. The van der Waals surface area contributed by atoms with Crippen LogP contribution in [0.2, 0.25) is 0 Å². The number of aromatic nitrogens is 1. The lowest BCUT2D eigenvalue weighted by Gasteiger charge is -2.18. The molecule has 0 saturated heterocycles. The summed E-state index contributed by atoms with van der Waals surface area (Å²) in [6.45, 7) is 0.856. The largest absolute Gasteiger partial charge is 0.361 e. The third-order valence-corrected chi connectivity index (χ3v) is 6.25. The third kappa shape index (κ3) is 3.51. The summed E-state index contributed by atoms with van der Waals surface area (Å²) in [6, 6.07) is 13.6. The Morgan fingerprint density at radius 1 is 1.04 bits per heavy atom. The van der Waals surface area contributed by atoms with Crippen LogP contribution in [-0.2, 0) is 16.4 Å². The van der Waals surface area contributed by atoms with Gasteiger partial charge in [0.2, 0.25) is 0 Å². The Kier molecular flexibility index (Phi) is 5.03. The minimum Gasteiger partial charge on any atom is -0.361 e. The number of aromatic amines is 1. The van der Waals surface area contributed by atoms with Gasteiger partial charge in [-0.05, 0) is 50.3 Å². The Morgan fingerprint density at radius 3 is 2.44 bits per heavy atom. The van der Waals surface area contributed by atoms with Crippen LogP contribution in [-0.4, -0.2) is 38.9 Å². The van der Waals surface area contributed by atoms with Crippen molar-refractivity contribution in [2.75, 3.05) is 24.5 Å². The second-order valence-corrected chi connectivity index (χ2v) is 8.43. The van der Waals surface area contributed by atoms with E-state index in [-0.39, 0.29) is 4.90 Å². The summed E-state index contributed by atoms with van der Waals surface area (Å²) in [4.78, 5) is 5.44. The van der Waals surface area contributed by atoms with Crippen molar-refractivity contribution in [3.8, 4) is 0 Å². The Hall–Kier alpha value is -2.02. The molecule has 132 valence electrons. The number of benzene rings is 2. The van der Waals surface area contributed by atoms with Crippen molar-refractivity contribution in [1.29, 1.82) is 0 Å². The van der Waals surface area contributed by atoms with Gasteiger partial charge in [-0.1, -0.05) is 24.3 Å². The molecule has 0 aliphatic heterocycles. The molecule has 7 heteroatoms. The normalized spacial score (nSPS) is 12.0. The van der Waals surface area contributed by atoms with Crippen LogP contribution in [0.4, 0.5) is 5.69 Å². The Labute approximate surface area is 153 Å². The molecular formula is C18H20ClN3O2S. The number of fused-ring (bicyclic) bond motifs is 1. The van der Waals surface area contributed by atoms with Gasteiger partial charge in [0.25, 0.3) is 10.0 Å². The van der Waals surface area contributed by atoms with E-state index in [9.17, 15) is 8.42 Å². The van der Waals surface area contributed by atoms with E-state index < -0.39 is 10.0 Å². The molecule has 0 saturated carbocycles. The van der Waals surface area contributed by atoms with Crippen molar-refractivity contribution in [1.82, 2.24) is 9.88 Å². The average molecular weight is 378 g/mol. The van der Waals surface area contributed by atoms with Crippen LogP contribution < -0.4 is 3.82 Å². The Balaban J connectivity index is 2.07. The topological polar surface area (TPSA) is 56.4 Å². The molecule has 25 heavy (non-hydrogen) atoms. The number of hydrogen-bond acceptors (Lipinski definition) is 3. The first-order chi connectivity index (χ1) is 11.9. The minimum absolute atomic E-state index is 0.160. The number of nitrogens with zero attached hydrogens (tertiary/aromatic N) is 2. The maximum Gasteiger partial charge on any atom is 0.278 e. The molecule has 2 aromatic carbocycles. The predicted octanol–water partition coefficient (Wildman–Crippen LogP) is 3.62. The summed E-state index contributed by atoms with van der Waals surface area (Å²) in [5.74, 6) is 0. The number of nitrogens with one attached hydrogen (secondary N) is 1. The molecular weight excluding hydrogens is 358 g/mol. The van der Waals surface area contributed by atoms with Crippen LogP contribution in [0.3, 0.4) is 0 Å². The molecule has 0 aliphatic carbocycles. The number of anilines is 1. The first kappa shape index (κ1) is 17.8. The van der Waals surface area contributed by atoms with E-state index in [1.165, 1.54) is 12.1 Å². The van der Waals surface area contributed by atoms with Crippen LogP contribution >= 0.6 is 11.8 Å². The van der Waals surface area contributed by atoms with Gasteiger partial charge < -0.3 is 9.88 Å². The van der Waals surface area contributed by atoms with Crippen molar-refractivity contribution in [3.63, 3.8) is 0 Å². The highest BCUT2D eigenvalue weighted by Crippen LogP contribution is 2.34. The van der Waals surface area contributed by atoms with Crippen molar-refractivity contribution in [2.24, 2.45) is 0 Å². The van der Waals surface area contributed by atoms with E-state index in [0.717, 1.165) is 33.3 Å². The van der Waals surface area contributed by atoms with E-state index in [1.54, 1.807) is 30.3 Å². The van der Waals surface area contributed by atoms with E-state index in [2.05, 4.69) is 9.88 Å². The minimum atomic E-state index is -3.83. The number of hydrogen-bond donors (Lipinski definition) is 1. The zero-order chi connectivity index (χ0) is 18.0. The fourth-order valence-electron chi connectivity index (χ4n) is 2.74. The number of H-pyrrole nitrogens is 1. The van der Waals surface area contributed by atoms with Gasteiger partial charge in [-0.15, -0.1) is 0 Å². The third-order valence-electron chi connectivity index (χ3n) is 4.04. The molecule has 1 aromatic heterocycles. The van der Waals surface area contributed by atoms with Crippen LogP contribution in [0.25, 0.3) is 10.9 Å². The van der Waals surface area contributed by atoms with E-state index in [4.69, 9.17) is 11.8 Å². The summed E-state index contributed by atoms with van der Waals surface area (Å²) >= 11 is 6.32. The lowest BCUT2D eigenvalue weighted by molar-refractivity contribution is 0.414. The van der Waals surface area contributed by atoms with Crippen LogP contribution in [0.15, 0.2) is 59.6 Å². The van der Waals surface area contributed by atoms with Gasteiger partial charge in [0.1, 0.15) is 0 Å². The van der Waals surface area contributed by atoms with Gasteiger partial charge in [-0.25, -0.2) is 0 Å². The molecule has 0 amide bonds. The van der Waals surface area contributed by atoms with Gasteiger partial charge in [0, 0.05) is 35.4 Å². The summed E-state index contributed by atoms with van der Waals surface area (Å²) in [5.41, 5.74) is 2.35. The van der Waals surface area contributed by atoms with Crippen molar-refractivity contribution >= 4 is 38.4 Å². The van der Waals surface area contributed by atoms with E-state index >= 15 is 0 Å². The summed E-state index contributed by atoms with van der Waals surface area (Å²) in [7, 11) is 0.172. The fraction of sp³-hybridized carbons (Fsp3) is 0.222. The van der Waals surface area contributed by atoms with E-state index in [0.29, 0.717) is 5.69 Å². The van der Waals surface area contributed by atoms with Gasteiger partial charge >= 0.3 is 0 Å². The highest BCUT2D eigenvalue weighted by molar-refractivity contribution is 7.94. The maximum atomic E-state index is 12.9. The number of sulfonamides is 1. The van der Waals surface area contributed by atoms with Gasteiger partial charge in [-0.2, -0.15) is 12.2 Å². The quantitative estimate of drug-likeness (QED) is 0.667. The molecule has 0 atom stereocenters. The lowest BCUT2D eigenvalue weighted by atomic mass is 10.1. The first-order valence-electron chi connectivity index (χ1n) is 7.91. The maximum absolute atomic E-state index is 12.9. The van der Waals surface area contributed by atoms with Crippen LogP contribution in [0.5, 0.6) is 0 Å². The molecule has 0 fully saturated rings. The number of likely N-dealkylation sites (N-methyl/N-ethyl adjacent to an activating group) is 1. The molecule has 0 bridgehead atoms. The van der Waals surface area contributed by atoms with Crippen molar-refractivity contribution in [2.45, 2.75) is 11.3 Å². The molecule has 3 aromatic rings. The van der Waals surface area contributed by atoms with Crippen molar-refractivity contribution in [3.05, 3.63) is 60.3 Å². The molecule has 0 unspecified atom stereocenters. The number of rotatable bonds is 6. The first-order valence-corrected chi connectivity index (χ1v) is 9.69. The predicted molar refractivity (Wildman–Crippen MR) is 103 cm³/mol. The second-order valence-electron chi connectivity index (χ2n) is 6.10. The van der Waals surface area contributed by atoms with Gasteiger partial charge in [-0.3, -0.25) is 0 Å². The van der Waals surface area contributed by atoms with Gasteiger partial charge in [0.05, 0.1) is 10.6 Å². The summed E-state index contributed by atoms with van der Waals surface area (Å²) in [6.07, 6.45) is 2.71. The Morgan fingerprint density at radius 2 is 1.76 bits per heavy atom. The molecule has 3 rings (SSSR count). The van der Waals surface area contributed by atoms with Crippen LogP contribution in [0.1, 0.15) is 5.56 Å². The summed E-state index contributed by atoms with van der Waals surface area (Å²) < 4.78 is 26.5. The molecule has 5 nitrogen and oxygen atoms in total. The fourth-order valence-corrected chi connectivity index (χ4v) is 4.21. The Bertz CT molecular complexity index is 968. The molecule has 0 spiro atoms. The molecule has 1 N–H and O–H groups in total. The second kappa shape index (κ2) is 7.07. The zero-order valence-corrected chi connectivity index (χ0v) is 15.7. The molecule has 0 aliphatic rings. The molecule has 1 heterocycles.